The Morgan fingerprint density at radius 2 is 2.05 bits per heavy atom. The molecule has 21 heavy (non-hydrogen) atoms. The van der Waals surface area contributed by atoms with Gasteiger partial charge in [-0.15, -0.1) is 0 Å². The molecule has 0 fully saturated rings. The third kappa shape index (κ3) is 5.67. The molecule has 118 valence electrons. The first-order valence-corrected chi connectivity index (χ1v) is 7.75. The summed E-state index contributed by atoms with van der Waals surface area (Å²) in [5, 5.41) is 3.10. The molecule has 0 saturated carbocycles. The maximum Gasteiger partial charge on any atom is 0.441 e. The molecule has 0 aliphatic carbocycles. The van der Waals surface area contributed by atoms with E-state index in [0.29, 0.717) is 6.54 Å². The fraction of sp³-hybridized carbons (Fsp3) is 0.571. The minimum atomic E-state index is -4.14. The molecule has 0 saturated heterocycles. The summed E-state index contributed by atoms with van der Waals surface area (Å²) < 4.78 is 46.5. The van der Waals surface area contributed by atoms with Gasteiger partial charge in [-0.2, -0.15) is 13.2 Å². The minimum Gasteiger partial charge on any atom is -0.454 e. The van der Waals surface area contributed by atoms with Crippen LogP contribution in [0, 0.1) is 0 Å². The van der Waals surface area contributed by atoms with E-state index >= 15 is 0 Å². The molecule has 1 atom stereocenters. The standard InChI is InChI=1S/C14H18F3NO2S/c1-10(18-6-7-21-14(15,16)17)2-3-11-4-5-12-13(8-11)20-9-19-12/h4-5,8,10,18H,2-3,6-7,9H2,1H3. The Balaban J connectivity index is 1.66. The van der Waals surface area contributed by atoms with Gasteiger partial charge in [0.15, 0.2) is 11.5 Å². The molecule has 7 heteroatoms. The highest BCUT2D eigenvalue weighted by Gasteiger charge is 2.27. The van der Waals surface area contributed by atoms with Gasteiger partial charge in [0.25, 0.3) is 0 Å². The van der Waals surface area contributed by atoms with Gasteiger partial charge in [0.2, 0.25) is 6.79 Å². The van der Waals surface area contributed by atoms with Crippen molar-refractivity contribution in [1.29, 1.82) is 0 Å². The summed E-state index contributed by atoms with van der Waals surface area (Å²) in [6.45, 7) is 2.59. The second-order valence-corrected chi connectivity index (χ2v) is 6.04. The summed E-state index contributed by atoms with van der Waals surface area (Å²) >= 11 is 0.0106. The fourth-order valence-corrected chi connectivity index (χ4v) is 2.51. The van der Waals surface area contributed by atoms with Crippen molar-refractivity contribution < 1.29 is 22.6 Å². The van der Waals surface area contributed by atoms with Gasteiger partial charge in [-0.1, -0.05) is 6.07 Å². The van der Waals surface area contributed by atoms with E-state index in [1.165, 1.54) is 0 Å². The number of aryl methyl sites for hydroxylation is 1. The Bertz CT molecular complexity index is 468. The van der Waals surface area contributed by atoms with Gasteiger partial charge >= 0.3 is 5.51 Å². The van der Waals surface area contributed by atoms with E-state index < -0.39 is 5.51 Å². The molecular formula is C14H18F3NO2S. The van der Waals surface area contributed by atoms with Crippen LogP contribution in [0.1, 0.15) is 18.9 Å². The summed E-state index contributed by atoms with van der Waals surface area (Å²) in [4.78, 5) is 0. The molecule has 1 aliphatic rings. The number of rotatable bonds is 7. The molecule has 1 unspecified atom stereocenters. The smallest absolute Gasteiger partial charge is 0.441 e. The zero-order valence-electron chi connectivity index (χ0n) is 11.7. The third-order valence-corrected chi connectivity index (χ3v) is 3.90. The van der Waals surface area contributed by atoms with E-state index in [2.05, 4.69) is 5.32 Å². The summed E-state index contributed by atoms with van der Waals surface area (Å²) in [6, 6.07) is 5.99. The lowest BCUT2D eigenvalue weighted by molar-refractivity contribution is -0.0327. The van der Waals surface area contributed by atoms with Gasteiger partial charge in [-0.3, -0.25) is 0 Å². The normalized spacial score (nSPS) is 15.2. The van der Waals surface area contributed by atoms with Crippen LogP contribution < -0.4 is 14.8 Å². The number of hydrogen-bond acceptors (Lipinski definition) is 4. The number of ether oxygens (including phenoxy) is 2. The average molecular weight is 321 g/mol. The maximum absolute atomic E-state index is 12.0. The number of hydrogen-bond donors (Lipinski definition) is 1. The molecule has 0 radical (unpaired) electrons. The van der Waals surface area contributed by atoms with Crippen molar-refractivity contribution in [3.05, 3.63) is 23.8 Å². The third-order valence-electron chi connectivity index (χ3n) is 3.16. The molecule has 1 aromatic rings. The van der Waals surface area contributed by atoms with Crippen LogP contribution in [0.3, 0.4) is 0 Å². The molecule has 0 spiro atoms. The van der Waals surface area contributed by atoms with Crippen LogP contribution >= 0.6 is 11.8 Å². The molecule has 0 amide bonds. The van der Waals surface area contributed by atoms with Crippen LogP contribution in [0.5, 0.6) is 11.5 Å². The van der Waals surface area contributed by atoms with Crippen LogP contribution in [0.4, 0.5) is 13.2 Å². The molecule has 1 heterocycles. The van der Waals surface area contributed by atoms with Crippen molar-refractivity contribution in [3.63, 3.8) is 0 Å². The minimum absolute atomic E-state index is 0.0106. The SMILES string of the molecule is CC(CCc1ccc2c(c1)OCO2)NCCSC(F)(F)F. The van der Waals surface area contributed by atoms with Gasteiger partial charge in [0, 0.05) is 18.3 Å². The van der Waals surface area contributed by atoms with Crippen molar-refractivity contribution in [2.45, 2.75) is 31.3 Å². The lowest BCUT2D eigenvalue weighted by Gasteiger charge is -2.14. The Morgan fingerprint density at radius 3 is 2.81 bits per heavy atom. The molecule has 3 nitrogen and oxygen atoms in total. The van der Waals surface area contributed by atoms with Crippen LogP contribution in [-0.4, -0.2) is 30.6 Å². The predicted octanol–water partition coefficient (Wildman–Crippen LogP) is 3.58. The summed E-state index contributed by atoms with van der Waals surface area (Å²) in [5.74, 6) is 1.56. The van der Waals surface area contributed by atoms with Gasteiger partial charge < -0.3 is 14.8 Å². The van der Waals surface area contributed by atoms with Crippen LogP contribution in [0.2, 0.25) is 0 Å². The average Bonchev–Trinajstić information content (AvgIpc) is 2.87. The van der Waals surface area contributed by atoms with Crippen LogP contribution in [-0.2, 0) is 6.42 Å². The number of alkyl halides is 3. The molecule has 1 N–H and O–H groups in total. The van der Waals surface area contributed by atoms with Crippen LogP contribution in [0.25, 0.3) is 0 Å². The maximum atomic E-state index is 12.0. The summed E-state index contributed by atoms with van der Waals surface area (Å²) in [6.07, 6.45) is 1.70. The number of nitrogens with one attached hydrogen (secondary N) is 1. The van der Waals surface area contributed by atoms with E-state index in [-0.39, 0.29) is 30.3 Å². The summed E-state index contributed by atoms with van der Waals surface area (Å²) in [7, 11) is 0. The lowest BCUT2D eigenvalue weighted by atomic mass is 10.1. The Hall–Kier alpha value is -1.08. The summed E-state index contributed by atoms with van der Waals surface area (Å²) in [5.41, 5.74) is -3.00. The van der Waals surface area contributed by atoms with Crippen molar-refractivity contribution in [2.24, 2.45) is 0 Å². The van der Waals surface area contributed by atoms with E-state index in [4.69, 9.17) is 9.47 Å². The van der Waals surface area contributed by atoms with Crippen molar-refractivity contribution in [2.75, 3.05) is 19.1 Å². The van der Waals surface area contributed by atoms with E-state index in [0.717, 1.165) is 29.9 Å². The Morgan fingerprint density at radius 1 is 1.29 bits per heavy atom. The second-order valence-electron chi connectivity index (χ2n) is 4.88. The topological polar surface area (TPSA) is 30.5 Å². The molecule has 1 aromatic carbocycles. The molecule has 0 aromatic heterocycles. The largest absolute Gasteiger partial charge is 0.454 e. The van der Waals surface area contributed by atoms with Crippen molar-refractivity contribution in [1.82, 2.24) is 5.32 Å². The first-order chi connectivity index (χ1) is 9.94. The first kappa shape index (κ1) is 16.3. The van der Waals surface area contributed by atoms with Gasteiger partial charge in [0.1, 0.15) is 0 Å². The number of thioether (sulfide) groups is 1. The zero-order valence-corrected chi connectivity index (χ0v) is 12.5. The number of benzene rings is 1. The quantitative estimate of drug-likeness (QED) is 0.778. The molecule has 1 aliphatic heterocycles. The molecule has 2 rings (SSSR count). The number of fused-ring (bicyclic) bond motifs is 1. The highest BCUT2D eigenvalue weighted by Crippen LogP contribution is 2.33. The second kappa shape index (κ2) is 7.26. The van der Waals surface area contributed by atoms with E-state index in [1.54, 1.807) is 0 Å². The Labute approximate surface area is 126 Å². The van der Waals surface area contributed by atoms with Crippen molar-refractivity contribution >= 4 is 11.8 Å². The van der Waals surface area contributed by atoms with Gasteiger partial charge in [-0.25, -0.2) is 0 Å². The highest BCUT2D eigenvalue weighted by molar-refractivity contribution is 8.00. The lowest BCUT2D eigenvalue weighted by Crippen LogP contribution is -2.29. The molecule has 0 bridgehead atoms. The first-order valence-electron chi connectivity index (χ1n) is 6.76. The van der Waals surface area contributed by atoms with Gasteiger partial charge in [0.05, 0.1) is 0 Å². The van der Waals surface area contributed by atoms with Crippen LogP contribution in [0.15, 0.2) is 18.2 Å². The van der Waals surface area contributed by atoms with Crippen molar-refractivity contribution in [3.8, 4) is 11.5 Å². The highest BCUT2D eigenvalue weighted by atomic mass is 32.2. The predicted molar refractivity (Wildman–Crippen MR) is 76.9 cm³/mol. The zero-order chi connectivity index (χ0) is 15.3. The van der Waals surface area contributed by atoms with E-state index in [1.807, 2.05) is 25.1 Å². The fourth-order valence-electron chi connectivity index (χ4n) is 2.05. The van der Waals surface area contributed by atoms with E-state index in [9.17, 15) is 13.2 Å². The molecular weight excluding hydrogens is 303 g/mol. The number of halogens is 3. The monoisotopic (exact) mass is 321 g/mol. The Kier molecular flexibility index (Phi) is 5.64. The van der Waals surface area contributed by atoms with Gasteiger partial charge in [-0.05, 0) is 49.2 Å².